The highest BCUT2D eigenvalue weighted by atomic mass is 35.5. The zero-order chi connectivity index (χ0) is 18.7. The molecule has 0 unspecified atom stereocenters. The fraction of sp³-hybridized carbons (Fsp3) is 0.111. The second kappa shape index (κ2) is 7.72. The number of hydrogen-bond donors (Lipinski definition) is 2. The summed E-state index contributed by atoms with van der Waals surface area (Å²) >= 11 is 6.70. The van der Waals surface area contributed by atoms with E-state index in [1.807, 2.05) is 0 Å². The van der Waals surface area contributed by atoms with E-state index in [0.717, 1.165) is 22.3 Å². The van der Waals surface area contributed by atoms with Crippen LogP contribution in [0.1, 0.15) is 5.56 Å². The minimum atomic E-state index is -0.381. The fourth-order valence-corrected chi connectivity index (χ4v) is 3.27. The van der Waals surface area contributed by atoms with Crippen LogP contribution < -0.4 is 10.1 Å². The average molecular weight is 391 g/mol. The van der Waals surface area contributed by atoms with Crippen molar-refractivity contribution in [1.82, 2.24) is 4.90 Å². The molecule has 8 heteroatoms. The highest BCUT2D eigenvalue weighted by Crippen LogP contribution is 2.34. The Labute approximate surface area is 159 Å². The van der Waals surface area contributed by atoms with E-state index >= 15 is 0 Å². The molecule has 2 aromatic carbocycles. The molecule has 1 fully saturated rings. The van der Waals surface area contributed by atoms with Crippen LogP contribution in [0.15, 0.2) is 47.4 Å². The van der Waals surface area contributed by atoms with E-state index in [1.54, 1.807) is 42.5 Å². The molecule has 1 saturated heterocycles. The predicted octanol–water partition coefficient (Wildman–Crippen LogP) is 4.16. The molecule has 1 heterocycles. The number of carbonyl (C=O) groups is 2. The molecule has 2 amide bonds. The first-order valence-electron chi connectivity index (χ1n) is 7.60. The van der Waals surface area contributed by atoms with Crippen molar-refractivity contribution < 1.29 is 19.4 Å². The Bertz CT molecular complexity index is 883. The molecule has 2 N–H and O–H groups in total. The van der Waals surface area contributed by atoms with Gasteiger partial charge in [0, 0.05) is 10.7 Å². The van der Waals surface area contributed by atoms with Gasteiger partial charge in [-0.1, -0.05) is 17.7 Å². The fourth-order valence-electron chi connectivity index (χ4n) is 2.31. The molecule has 1 aliphatic heterocycles. The highest BCUT2D eigenvalue weighted by molar-refractivity contribution is 8.18. The van der Waals surface area contributed by atoms with E-state index in [1.165, 1.54) is 13.2 Å². The number of nitrogens with zero attached hydrogens (tertiary/aromatic N) is 1. The van der Waals surface area contributed by atoms with Crippen LogP contribution >= 0.6 is 23.4 Å². The number of carbonyl (C=O) groups excluding carboxylic acids is 2. The lowest BCUT2D eigenvalue weighted by molar-refractivity contribution is -0.122. The molecule has 0 aromatic heterocycles. The van der Waals surface area contributed by atoms with Crippen LogP contribution in [0.3, 0.4) is 0 Å². The molecule has 0 saturated carbocycles. The van der Waals surface area contributed by atoms with Crippen molar-refractivity contribution in [2.45, 2.75) is 0 Å². The number of rotatable bonds is 5. The third-order valence-electron chi connectivity index (χ3n) is 3.66. The number of phenols is 1. The van der Waals surface area contributed by atoms with E-state index in [9.17, 15) is 14.7 Å². The molecule has 134 valence electrons. The van der Waals surface area contributed by atoms with E-state index in [4.69, 9.17) is 16.3 Å². The SMILES string of the molecule is COc1cc(/C=C2\SC(=O)N(CNc3ccc(Cl)cc3)C2=O)ccc1O. The second-order valence-corrected chi connectivity index (χ2v) is 6.81. The summed E-state index contributed by atoms with van der Waals surface area (Å²) < 4.78 is 5.05. The molecule has 0 aliphatic carbocycles. The Morgan fingerprint density at radius 1 is 1.23 bits per heavy atom. The lowest BCUT2D eigenvalue weighted by Gasteiger charge is -2.14. The standard InChI is InChI=1S/C18H15ClN2O4S/c1-25-15-8-11(2-7-14(15)22)9-16-17(23)21(18(24)26-16)10-20-13-5-3-12(19)4-6-13/h2-9,20,22H,10H2,1H3/b16-9-. The van der Waals surface area contributed by atoms with Gasteiger partial charge in [0.25, 0.3) is 11.1 Å². The maximum Gasteiger partial charge on any atom is 0.295 e. The van der Waals surface area contributed by atoms with Crippen LogP contribution in [0.4, 0.5) is 10.5 Å². The van der Waals surface area contributed by atoms with E-state index in [2.05, 4.69) is 5.32 Å². The quantitative estimate of drug-likeness (QED) is 0.746. The Hall–Kier alpha value is -2.64. The number of benzene rings is 2. The summed E-state index contributed by atoms with van der Waals surface area (Å²) in [5.74, 6) is -0.0826. The number of methoxy groups -OCH3 is 1. The smallest absolute Gasteiger partial charge is 0.295 e. The number of thioether (sulfide) groups is 1. The van der Waals surface area contributed by atoms with Crippen molar-refractivity contribution in [2.75, 3.05) is 19.1 Å². The van der Waals surface area contributed by atoms with Crippen molar-refractivity contribution in [3.63, 3.8) is 0 Å². The molecule has 6 nitrogen and oxygen atoms in total. The van der Waals surface area contributed by atoms with Crippen LogP contribution in [0.5, 0.6) is 11.5 Å². The third-order valence-corrected chi connectivity index (χ3v) is 4.82. The Morgan fingerprint density at radius 2 is 1.96 bits per heavy atom. The first-order chi connectivity index (χ1) is 12.5. The number of ether oxygens (including phenoxy) is 1. The molecular formula is C18H15ClN2O4S. The molecule has 0 spiro atoms. The maximum atomic E-state index is 12.5. The van der Waals surface area contributed by atoms with E-state index < -0.39 is 0 Å². The monoisotopic (exact) mass is 390 g/mol. The van der Waals surface area contributed by atoms with Gasteiger partial charge in [0.2, 0.25) is 0 Å². The molecule has 0 atom stereocenters. The first kappa shape index (κ1) is 18.2. The Morgan fingerprint density at radius 3 is 2.65 bits per heavy atom. The van der Waals surface area contributed by atoms with Gasteiger partial charge in [-0.3, -0.25) is 14.5 Å². The summed E-state index contributed by atoms with van der Waals surface area (Å²) in [5.41, 5.74) is 1.40. The van der Waals surface area contributed by atoms with Gasteiger partial charge < -0.3 is 15.2 Å². The zero-order valence-electron chi connectivity index (χ0n) is 13.7. The molecule has 26 heavy (non-hydrogen) atoms. The van der Waals surface area contributed by atoms with Gasteiger partial charge in [-0.2, -0.15) is 0 Å². The van der Waals surface area contributed by atoms with E-state index in [0.29, 0.717) is 21.2 Å². The van der Waals surface area contributed by atoms with Gasteiger partial charge in [0.1, 0.15) is 0 Å². The number of hydrogen-bond acceptors (Lipinski definition) is 6. The Kier molecular flexibility index (Phi) is 5.39. The van der Waals surface area contributed by atoms with Gasteiger partial charge in [0.05, 0.1) is 18.7 Å². The van der Waals surface area contributed by atoms with Crippen LogP contribution in [0, 0.1) is 0 Å². The molecular weight excluding hydrogens is 376 g/mol. The molecule has 0 bridgehead atoms. The number of anilines is 1. The zero-order valence-corrected chi connectivity index (χ0v) is 15.3. The van der Waals surface area contributed by atoms with Crippen molar-refractivity contribution >= 4 is 46.3 Å². The molecule has 1 aliphatic rings. The normalized spacial score (nSPS) is 15.6. The number of imide groups is 1. The molecule has 3 rings (SSSR count). The van der Waals surface area contributed by atoms with Crippen LogP contribution in [-0.4, -0.2) is 34.9 Å². The minimum Gasteiger partial charge on any atom is -0.504 e. The van der Waals surface area contributed by atoms with Gasteiger partial charge in [-0.15, -0.1) is 0 Å². The van der Waals surface area contributed by atoms with E-state index in [-0.39, 0.29) is 23.6 Å². The lowest BCUT2D eigenvalue weighted by Crippen LogP contribution is -2.33. The molecule has 0 radical (unpaired) electrons. The topological polar surface area (TPSA) is 78.9 Å². The number of phenolic OH excluding ortho intramolecular Hbond substituents is 1. The second-order valence-electron chi connectivity index (χ2n) is 5.38. The summed E-state index contributed by atoms with van der Waals surface area (Å²) in [5, 5.41) is 12.9. The number of amides is 2. The van der Waals surface area contributed by atoms with Gasteiger partial charge in [-0.05, 0) is 59.8 Å². The third kappa shape index (κ3) is 3.95. The van der Waals surface area contributed by atoms with Crippen molar-refractivity contribution in [1.29, 1.82) is 0 Å². The summed E-state index contributed by atoms with van der Waals surface area (Å²) in [7, 11) is 1.44. The summed E-state index contributed by atoms with van der Waals surface area (Å²) in [6.07, 6.45) is 1.59. The first-order valence-corrected chi connectivity index (χ1v) is 8.79. The van der Waals surface area contributed by atoms with Crippen molar-refractivity contribution in [3.8, 4) is 11.5 Å². The summed E-state index contributed by atoms with van der Waals surface area (Å²) in [4.78, 5) is 26.1. The summed E-state index contributed by atoms with van der Waals surface area (Å²) in [6.45, 7) is 0.0581. The lowest BCUT2D eigenvalue weighted by atomic mass is 10.2. The van der Waals surface area contributed by atoms with Crippen LogP contribution in [0.25, 0.3) is 6.08 Å². The summed E-state index contributed by atoms with van der Waals surface area (Å²) in [6, 6.07) is 11.7. The minimum absolute atomic E-state index is 0.00455. The number of aromatic hydroxyl groups is 1. The van der Waals surface area contributed by atoms with Crippen molar-refractivity contribution in [3.05, 3.63) is 58.0 Å². The number of halogens is 1. The van der Waals surface area contributed by atoms with Crippen LogP contribution in [0.2, 0.25) is 5.02 Å². The predicted molar refractivity (Wildman–Crippen MR) is 102 cm³/mol. The maximum absolute atomic E-state index is 12.5. The number of nitrogens with one attached hydrogen (secondary N) is 1. The average Bonchev–Trinajstić information content (AvgIpc) is 2.89. The van der Waals surface area contributed by atoms with Gasteiger partial charge >= 0.3 is 0 Å². The largest absolute Gasteiger partial charge is 0.504 e. The van der Waals surface area contributed by atoms with Crippen molar-refractivity contribution in [2.24, 2.45) is 0 Å². The van der Waals surface area contributed by atoms with Gasteiger partial charge in [0.15, 0.2) is 11.5 Å². The Balaban J connectivity index is 1.72. The van der Waals surface area contributed by atoms with Gasteiger partial charge in [-0.25, -0.2) is 0 Å². The van der Waals surface area contributed by atoms with Crippen LogP contribution in [-0.2, 0) is 4.79 Å². The molecule has 2 aromatic rings. The highest BCUT2D eigenvalue weighted by Gasteiger charge is 2.34.